The van der Waals surface area contributed by atoms with Crippen LogP contribution in [0.4, 0.5) is 4.39 Å². The lowest BCUT2D eigenvalue weighted by Crippen LogP contribution is -2.32. The van der Waals surface area contributed by atoms with E-state index in [0.717, 1.165) is 23.4 Å². The molecule has 1 N–H and O–H groups in total. The Bertz CT molecular complexity index is 568. The van der Waals surface area contributed by atoms with Crippen molar-refractivity contribution >= 4 is 11.6 Å². The zero-order chi connectivity index (χ0) is 15.2. The molecule has 0 aliphatic carbocycles. The molecule has 3 heteroatoms. The molecule has 2 unspecified atom stereocenters. The van der Waals surface area contributed by atoms with E-state index < -0.39 is 0 Å². The Morgan fingerprint density at radius 2 is 1.86 bits per heavy atom. The fourth-order valence-electron chi connectivity index (χ4n) is 2.56. The number of halogens is 2. The van der Waals surface area contributed by atoms with E-state index in [1.807, 2.05) is 18.2 Å². The van der Waals surface area contributed by atoms with Crippen LogP contribution in [0.3, 0.4) is 0 Å². The van der Waals surface area contributed by atoms with Gasteiger partial charge in [-0.15, -0.1) is 0 Å². The first-order valence-corrected chi connectivity index (χ1v) is 7.72. The van der Waals surface area contributed by atoms with Crippen molar-refractivity contribution < 1.29 is 4.39 Å². The molecule has 0 saturated carbocycles. The normalized spacial score (nSPS) is 13.9. The summed E-state index contributed by atoms with van der Waals surface area (Å²) in [5.74, 6) is -0.176. The average molecular weight is 306 g/mol. The molecule has 0 aromatic heterocycles. The standard InChI is InChI=1S/C18H21ClFN/c1-3-18(15-7-9-16(19)10-8-15)21-13(2)11-14-5-4-6-17(20)12-14/h4-10,12-13,18,21H,3,11H2,1-2H3. The first-order valence-electron chi connectivity index (χ1n) is 7.34. The number of hydrogen-bond acceptors (Lipinski definition) is 1. The summed E-state index contributed by atoms with van der Waals surface area (Å²) in [6, 6.07) is 15.3. The predicted molar refractivity (Wildman–Crippen MR) is 87.2 cm³/mol. The molecular formula is C18H21ClFN. The van der Waals surface area contributed by atoms with Crippen molar-refractivity contribution in [2.45, 2.75) is 38.8 Å². The molecule has 0 fully saturated rings. The van der Waals surface area contributed by atoms with Crippen molar-refractivity contribution in [3.8, 4) is 0 Å². The Kier molecular flexibility index (Phi) is 5.77. The maximum atomic E-state index is 13.2. The van der Waals surface area contributed by atoms with Gasteiger partial charge in [0.15, 0.2) is 0 Å². The second-order valence-electron chi connectivity index (χ2n) is 5.41. The molecule has 112 valence electrons. The summed E-state index contributed by atoms with van der Waals surface area (Å²) in [5, 5.41) is 4.36. The Morgan fingerprint density at radius 1 is 1.14 bits per heavy atom. The Labute approximate surface area is 131 Å². The van der Waals surface area contributed by atoms with Crippen molar-refractivity contribution in [3.63, 3.8) is 0 Å². The van der Waals surface area contributed by atoms with E-state index in [-0.39, 0.29) is 17.9 Å². The van der Waals surface area contributed by atoms with Crippen LogP contribution in [-0.4, -0.2) is 6.04 Å². The van der Waals surface area contributed by atoms with Crippen molar-refractivity contribution in [3.05, 3.63) is 70.5 Å². The smallest absolute Gasteiger partial charge is 0.123 e. The Balaban J connectivity index is 1.99. The molecule has 21 heavy (non-hydrogen) atoms. The van der Waals surface area contributed by atoms with Gasteiger partial charge in [-0.3, -0.25) is 0 Å². The van der Waals surface area contributed by atoms with E-state index in [1.54, 1.807) is 12.1 Å². The first-order chi connectivity index (χ1) is 10.1. The number of benzene rings is 2. The number of hydrogen-bond donors (Lipinski definition) is 1. The third-order valence-electron chi connectivity index (χ3n) is 3.60. The molecule has 0 aliphatic rings. The van der Waals surface area contributed by atoms with Crippen LogP contribution in [0.25, 0.3) is 0 Å². The highest BCUT2D eigenvalue weighted by atomic mass is 35.5. The van der Waals surface area contributed by atoms with Gasteiger partial charge < -0.3 is 5.32 Å². The van der Waals surface area contributed by atoms with E-state index in [2.05, 4.69) is 31.3 Å². The monoisotopic (exact) mass is 305 g/mol. The van der Waals surface area contributed by atoms with Gasteiger partial charge in [0.25, 0.3) is 0 Å². The zero-order valence-electron chi connectivity index (χ0n) is 12.4. The number of rotatable bonds is 6. The number of nitrogens with one attached hydrogen (secondary N) is 1. The van der Waals surface area contributed by atoms with E-state index in [4.69, 9.17) is 11.6 Å². The maximum absolute atomic E-state index is 13.2. The largest absolute Gasteiger partial charge is 0.307 e. The maximum Gasteiger partial charge on any atom is 0.123 e. The van der Waals surface area contributed by atoms with Crippen LogP contribution in [-0.2, 0) is 6.42 Å². The molecule has 2 aromatic carbocycles. The minimum Gasteiger partial charge on any atom is -0.307 e. The third kappa shape index (κ3) is 4.83. The lowest BCUT2D eigenvalue weighted by molar-refractivity contribution is 0.443. The van der Waals surface area contributed by atoms with E-state index in [9.17, 15) is 4.39 Å². The molecule has 1 nitrogen and oxygen atoms in total. The highest BCUT2D eigenvalue weighted by Crippen LogP contribution is 2.20. The van der Waals surface area contributed by atoms with Crippen LogP contribution >= 0.6 is 11.6 Å². The molecule has 2 rings (SSSR count). The van der Waals surface area contributed by atoms with Gasteiger partial charge >= 0.3 is 0 Å². The fourth-order valence-corrected chi connectivity index (χ4v) is 2.69. The summed E-state index contributed by atoms with van der Waals surface area (Å²) in [7, 11) is 0. The molecule has 2 atom stereocenters. The fraction of sp³-hybridized carbons (Fsp3) is 0.333. The molecule has 0 aliphatic heterocycles. The molecule has 2 aromatic rings. The minimum atomic E-state index is -0.176. The Hall–Kier alpha value is -1.38. The lowest BCUT2D eigenvalue weighted by atomic mass is 10.0. The van der Waals surface area contributed by atoms with Gasteiger partial charge in [-0.1, -0.05) is 42.8 Å². The SMILES string of the molecule is CCC(NC(C)Cc1cccc(F)c1)c1ccc(Cl)cc1. The van der Waals surface area contributed by atoms with Gasteiger partial charge in [-0.05, 0) is 55.2 Å². The Morgan fingerprint density at radius 3 is 2.48 bits per heavy atom. The van der Waals surface area contributed by atoms with Crippen LogP contribution in [0.5, 0.6) is 0 Å². The van der Waals surface area contributed by atoms with Gasteiger partial charge in [-0.2, -0.15) is 0 Å². The van der Waals surface area contributed by atoms with Gasteiger partial charge in [0.2, 0.25) is 0 Å². The first kappa shape index (κ1) is 16.0. The van der Waals surface area contributed by atoms with E-state index in [1.165, 1.54) is 11.6 Å². The molecule has 0 saturated heterocycles. The van der Waals surface area contributed by atoms with Gasteiger partial charge in [-0.25, -0.2) is 4.39 Å². The second-order valence-corrected chi connectivity index (χ2v) is 5.85. The van der Waals surface area contributed by atoms with Gasteiger partial charge in [0, 0.05) is 17.1 Å². The lowest BCUT2D eigenvalue weighted by Gasteiger charge is -2.23. The quantitative estimate of drug-likeness (QED) is 0.778. The molecule has 0 spiro atoms. The third-order valence-corrected chi connectivity index (χ3v) is 3.85. The topological polar surface area (TPSA) is 12.0 Å². The molecule has 0 heterocycles. The van der Waals surface area contributed by atoms with Gasteiger partial charge in [0.1, 0.15) is 5.82 Å². The van der Waals surface area contributed by atoms with Crippen molar-refractivity contribution in [2.24, 2.45) is 0 Å². The zero-order valence-corrected chi connectivity index (χ0v) is 13.2. The van der Waals surface area contributed by atoms with Crippen LogP contribution < -0.4 is 5.32 Å². The van der Waals surface area contributed by atoms with Gasteiger partial charge in [0.05, 0.1) is 0 Å². The van der Waals surface area contributed by atoms with Crippen molar-refractivity contribution in [2.75, 3.05) is 0 Å². The highest BCUT2D eigenvalue weighted by Gasteiger charge is 2.13. The van der Waals surface area contributed by atoms with E-state index in [0.29, 0.717) is 0 Å². The summed E-state index contributed by atoms with van der Waals surface area (Å²) in [6.07, 6.45) is 1.80. The van der Waals surface area contributed by atoms with Crippen LogP contribution in [0.15, 0.2) is 48.5 Å². The summed E-state index contributed by atoms with van der Waals surface area (Å²) in [6.45, 7) is 4.28. The van der Waals surface area contributed by atoms with Crippen molar-refractivity contribution in [1.82, 2.24) is 5.32 Å². The highest BCUT2D eigenvalue weighted by molar-refractivity contribution is 6.30. The van der Waals surface area contributed by atoms with Crippen LogP contribution in [0, 0.1) is 5.82 Å². The molecular weight excluding hydrogens is 285 g/mol. The second kappa shape index (κ2) is 7.58. The average Bonchev–Trinajstić information content (AvgIpc) is 2.46. The van der Waals surface area contributed by atoms with Crippen LogP contribution in [0.2, 0.25) is 5.02 Å². The predicted octanol–water partition coefficient (Wildman–Crippen LogP) is 5.15. The summed E-state index contributed by atoms with van der Waals surface area (Å²) < 4.78 is 13.2. The summed E-state index contributed by atoms with van der Waals surface area (Å²) in [4.78, 5) is 0. The molecule has 0 bridgehead atoms. The summed E-state index contributed by atoms with van der Waals surface area (Å²) >= 11 is 5.93. The molecule has 0 radical (unpaired) electrons. The van der Waals surface area contributed by atoms with Crippen molar-refractivity contribution in [1.29, 1.82) is 0 Å². The van der Waals surface area contributed by atoms with E-state index >= 15 is 0 Å². The molecule has 0 amide bonds. The van der Waals surface area contributed by atoms with Crippen LogP contribution in [0.1, 0.15) is 37.4 Å². The minimum absolute atomic E-state index is 0.176. The summed E-state index contributed by atoms with van der Waals surface area (Å²) in [5.41, 5.74) is 2.24.